The summed E-state index contributed by atoms with van der Waals surface area (Å²) in [5.41, 5.74) is 6.42. The zero-order valence-corrected chi connectivity index (χ0v) is 24.7. The van der Waals surface area contributed by atoms with Gasteiger partial charge in [-0.1, -0.05) is 74.4 Å². The number of benzene rings is 3. The molecule has 0 aliphatic heterocycles. The van der Waals surface area contributed by atoms with Gasteiger partial charge in [-0.3, -0.25) is 4.79 Å². The summed E-state index contributed by atoms with van der Waals surface area (Å²) in [5, 5.41) is 11.4. The number of amides is 1. The molecular weight excluding hydrogens is 563 g/mol. The minimum atomic E-state index is -0.317. The van der Waals surface area contributed by atoms with Crippen molar-refractivity contribution in [3.05, 3.63) is 93.3 Å². The van der Waals surface area contributed by atoms with Crippen LogP contribution >= 0.6 is 34.5 Å². The number of carbonyl (C=O) groups excluding carboxylic acids is 1. The standard InChI is InChI=1S/C31H32Cl2N4O2S/c1-2-3-4-5-6-7-18-39-29-17-14-26(33)19-24(29)20-34-37-30(38)23-10-8-22(9-11-23)28-21-40-31(36-28)35-27-15-12-25(32)13-16-27/h8-17,19-21H,2-7,18H2,1H3,(H,35,36)(H,37,38)/b34-20-. The van der Waals surface area contributed by atoms with Crippen LogP contribution in [0.3, 0.4) is 0 Å². The second-order valence-corrected chi connectivity index (χ2v) is 11.0. The molecule has 0 saturated carbocycles. The monoisotopic (exact) mass is 594 g/mol. The van der Waals surface area contributed by atoms with Crippen LogP contribution in [0.5, 0.6) is 5.75 Å². The smallest absolute Gasteiger partial charge is 0.271 e. The Morgan fingerprint density at radius 1 is 0.950 bits per heavy atom. The largest absolute Gasteiger partial charge is 0.493 e. The number of anilines is 2. The minimum absolute atomic E-state index is 0.317. The fourth-order valence-electron chi connectivity index (χ4n) is 3.95. The molecule has 0 unspecified atom stereocenters. The lowest BCUT2D eigenvalue weighted by Gasteiger charge is -2.09. The van der Waals surface area contributed by atoms with Gasteiger partial charge in [0, 0.05) is 37.8 Å². The Hall–Kier alpha value is -3.39. The summed E-state index contributed by atoms with van der Waals surface area (Å²) in [5.74, 6) is 0.372. The third-order valence-corrected chi connectivity index (χ3v) is 7.38. The van der Waals surface area contributed by atoms with Crippen LogP contribution in [-0.2, 0) is 0 Å². The second kappa shape index (κ2) is 15.4. The van der Waals surface area contributed by atoms with Gasteiger partial charge in [-0.15, -0.1) is 11.3 Å². The van der Waals surface area contributed by atoms with Gasteiger partial charge < -0.3 is 10.1 Å². The van der Waals surface area contributed by atoms with Crippen LogP contribution in [0.4, 0.5) is 10.8 Å². The van der Waals surface area contributed by atoms with E-state index in [1.807, 2.05) is 47.8 Å². The third-order valence-electron chi connectivity index (χ3n) is 6.14. The molecule has 0 bridgehead atoms. The predicted octanol–water partition coefficient (Wildman–Crippen LogP) is 9.36. The number of nitrogens with zero attached hydrogens (tertiary/aromatic N) is 2. The van der Waals surface area contributed by atoms with Gasteiger partial charge >= 0.3 is 0 Å². The van der Waals surface area contributed by atoms with Gasteiger partial charge in [0.1, 0.15) is 5.75 Å². The lowest BCUT2D eigenvalue weighted by molar-refractivity contribution is 0.0955. The Balaban J connectivity index is 1.30. The first-order valence-corrected chi connectivity index (χ1v) is 15.0. The van der Waals surface area contributed by atoms with Gasteiger partial charge in [0.2, 0.25) is 0 Å². The first kappa shape index (κ1) is 29.6. The van der Waals surface area contributed by atoms with Crippen LogP contribution in [0.2, 0.25) is 10.0 Å². The molecule has 0 aliphatic rings. The van der Waals surface area contributed by atoms with E-state index < -0.39 is 0 Å². The molecule has 0 atom stereocenters. The van der Waals surface area contributed by atoms with Crippen LogP contribution in [0.15, 0.2) is 77.2 Å². The van der Waals surface area contributed by atoms with Gasteiger partial charge in [0.05, 0.1) is 18.5 Å². The predicted molar refractivity (Wildman–Crippen MR) is 168 cm³/mol. The summed E-state index contributed by atoms with van der Waals surface area (Å²) >= 11 is 13.6. The summed E-state index contributed by atoms with van der Waals surface area (Å²) in [4.78, 5) is 17.3. The van der Waals surface area contributed by atoms with E-state index in [2.05, 4.69) is 27.8 Å². The first-order chi connectivity index (χ1) is 19.5. The zero-order valence-electron chi connectivity index (χ0n) is 22.3. The average molecular weight is 596 g/mol. The SMILES string of the molecule is CCCCCCCCOc1ccc(Cl)cc1/C=N\NC(=O)c1ccc(-c2csc(Nc3ccc(Cl)cc3)n2)cc1. The van der Waals surface area contributed by atoms with E-state index >= 15 is 0 Å². The lowest BCUT2D eigenvalue weighted by Crippen LogP contribution is -2.17. The Labute approximate surface area is 249 Å². The van der Waals surface area contributed by atoms with E-state index in [0.717, 1.165) is 34.9 Å². The van der Waals surface area contributed by atoms with Crippen LogP contribution in [-0.4, -0.2) is 23.7 Å². The second-order valence-electron chi connectivity index (χ2n) is 9.24. The van der Waals surface area contributed by atoms with Crippen molar-refractivity contribution in [1.82, 2.24) is 10.4 Å². The molecule has 4 rings (SSSR count). The number of hydrazone groups is 1. The summed E-state index contributed by atoms with van der Waals surface area (Å²) < 4.78 is 5.96. The maximum absolute atomic E-state index is 12.7. The summed E-state index contributed by atoms with van der Waals surface area (Å²) in [6.07, 6.45) is 8.72. The molecule has 0 saturated heterocycles. The molecular formula is C31H32Cl2N4O2S. The number of aromatic nitrogens is 1. The Morgan fingerprint density at radius 3 is 2.45 bits per heavy atom. The van der Waals surface area contributed by atoms with Crippen molar-refractivity contribution in [2.45, 2.75) is 45.4 Å². The van der Waals surface area contributed by atoms with E-state index in [-0.39, 0.29) is 5.91 Å². The van der Waals surface area contributed by atoms with Gasteiger partial charge in [0.15, 0.2) is 5.13 Å². The fraction of sp³-hybridized carbons (Fsp3) is 0.258. The van der Waals surface area contributed by atoms with E-state index in [9.17, 15) is 4.79 Å². The van der Waals surface area contributed by atoms with Crippen molar-refractivity contribution in [2.24, 2.45) is 5.10 Å². The van der Waals surface area contributed by atoms with Gasteiger partial charge in [0.25, 0.3) is 5.91 Å². The van der Waals surface area contributed by atoms with E-state index in [1.165, 1.54) is 37.0 Å². The molecule has 9 heteroatoms. The Kier molecular flexibility index (Phi) is 11.4. The molecule has 6 nitrogen and oxygen atoms in total. The number of hydrogen-bond acceptors (Lipinski definition) is 6. The maximum Gasteiger partial charge on any atom is 0.271 e. The summed E-state index contributed by atoms with van der Waals surface area (Å²) in [7, 11) is 0. The van der Waals surface area contributed by atoms with Gasteiger partial charge in [-0.25, -0.2) is 10.4 Å². The maximum atomic E-state index is 12.7. The number of ether oxygens (including phenoxy) is 1. The molecule has 40 heavy (non-hydrogen) atoms. The van der Waals surface area contributed by atoms with Crippen LogP contribution < -0.4 is 15.5 Å². The lowest BCUT2D eigenvalue weighted by atomic mass is 10.1. The van der Waals surface area contributed by atoms with Crippen LogP contribution in [0, 0.1) is 0 Å². The average Bonchev–Trinajstić information content (AvgIpc) is 3.43. The summed E-state index contributed by atoms with van der Waals surface area (Å²) in [6.45, 7) is 2.85. The molecule has 4 aromatic rings. The number of unbranched alkanes of at least 4 members (excludes halogenated alkanes) is 5. The fourth-order valence-corrected chi connectivity index (χ4v) is 5.00. The highest BCUT2D eigenvalue weighted by Crippen LogP contribution is 2.28. The van der Waals surface area contributed by atoms with Gasteiger partial charge in [-0.05, 0) is 61.0 Å². The van der Waals surface area contributed by atoms with Crippen molar-refractivity contribution in [2.75, 3.05) is 11.9 Å². The van der Waals surface area contributed by atoms with Crippen molar-refractivity contribution < 1.29 is 9.53 Å². The van der Waals surface area contributed by atoms with E-state index in [4.69, 9.17) is 27.9 Å². The highest BCUT2D eigenvalue weighted by molar-refractivity contribution is 7.14. The number of rotatable bonds is 14. The van der Waals surface area contributed by atoms with Crippen molar-refractivity contribution in [1.29, 1.82) is 0 Å². The molecule has 2 N–H and O–H groups in total. The highest BCUT2D eigenvalue weighted by atomic mass is 35.5. The van der Waals surface area contributed by atoms with Gasteiger partial charge in [-0.2, -0.15) is 5.10 Å². The molecule has 0 spiro atoms. The van der Waals surface area contributed by atoms with Crippen molar-refractivity contribution >= 4 is 57.5 Å². The number of halogens is 2. The highest BCUT2D eigenvalue weighted by Gasteiger charge is 2.09. The third kappa shape index (κ3) is 9.08. The normalized spacial score (nSPS) is 11.1. The minimum Gasteiger partial charge on any atom is -0.493 e. The van der Waals surface area contributed by atoms with Crippen LogP contribution in [0.1, 0.15) is 61.4 Å². The number of thiazole rings is 1. The quantitative estimate of drug-likeness (QED) is 0.0865. The zero-order chi connectivity index (χ0) is 28.2. The molecule has 1 aromatic heterocycles. The van der Waals surface area contributed by atoms with Crippen molar-refractivity contribution in [3.63, 3.8) is 0 Å². The molecule has 0 aliphatic carbocycles. The molecule has 3 aromatic carbocycles. The van der Waals surface area contributed by atoms with E-state index in [0.29, 0.717) is 33.5 Å². The molecule has 1 amide bonds. The molecule has 208 valence electrons. The number of nitrogens with one attached hydrogen (secondary N) is 2. The number of hydrogen-bond donors (Lipinski definition) is 2. The number of carbonyl (C=O) groups is 1. The van der Waals surface area contributed by atoms with Crippen LogP contribution in [0.25, 0.3) is 11.3 Å². The Morgan fingerprint density at radius 2 is 1.68 bits per heavy atom. The van der Waals surface area contributed by atoms with E-state index in [1.54, 1.807) is 30.5 Å². The first-order valence-electron chi connectivity index (χ1n) is 13.4. The molecule has 1 heterocycles. The molecule has 0 fully saturated rings. The Bertz CT molecular complexity index is 1410. The topological polar surface area (TPSA) is 75.6 Å². The summed E-state index contributed by atoms with van der Waals surface area (Å²) in [6, 6.07) is 20.1. The molecule has 0 radical (unpaired) electrons. The van der Waals surface area contributed by atoms with Crippen molar-refractivity contribution in [3.8, 4) is 17.0 Å².